The molecule has 2 aliphatic carbocycles. The molecule has 2 aliphatic rings. The molecule has 2 fully saturated rings. The molecule has 0 aliphatic heterocycles. The maximum atomic E-state index is 12.3. The fraction of sp³-hybridized carbons (Fsp3) is 0.636. The number of ether oxygens (including phenoxy) is 2. The van der Waals surface area contributed by atoms with E-state index < -0.39 is 24.5 Å². The number of carbonyl (C=O) groups is 2. The Morgan fingerprint density at radius 3 is 1.20 bits per heavy atom. The van der Waals surface area contributed by atoms with Crippen LogP contribution in [0.3, 0.4) is 0 Å². The molecular formula is C22H30O8. The van der Waals surface area contributed by atoms with Gasteiger partial charge in [-0.2, -0.15) is 0 Å². The minimum atomic E-state index is -1.33. The second-order valence-corrected chi connectivity index (χ2v) is 8.29. The van der Waals surface area contributed by atoms with Gasteiger partial charge in [0.25, 0.3) is 0 Å². The number of aliphatic hydroxyl groups excluding tert-OH is 2. The van der Waals surface area contributed by atoms with Crippen LogP contribution in [0.25, 0.3) is 0 Å². The number of hydrogen-bond donors (Lipinski definition) is 4. The predicted molar refractivity (Wildman–Crippen MR) is 105 cm³/mol. The van der Waals surface area contributed by atoms with Gasteiger partial charge in [-0.05, 0) is 75.6 Å². The molecule has 4 N–H and O–H groups in total. The van der Waals surface area contributed by atoms with Crippen LogP contribution in [-0.2, 0) is 9.47 Å². The molecule has 0 bridgehead atoms. The van der Waals surface area contributed by atoms with Gasteiger partial charge in [0.2, 0.25) is 0 Å². The summed E-state index contributed by atoms with van der Waals surface area (Å²) in [5.74, 6) is -1.28. The van der Waals surface area contributed by atoms with E-state index in [4.69, 9.17) is 9.47 Å². The molecule has 0 aromatic heterocycles. The lowest BCUT2D eigenvalue weighted by Crippen LogP contribution is -2.30. The smallest absolute Gasteiger partial charge is 0.338 e. The van der Waals surface area contributed by atoms with Crippen molar-refractivity contribution in [1.82, 2.24) is 0 Å². The highest BCUT2D eigenvalue weighted by Gasteiger charge is 2.29. The summed E-state index contributed by atoms with van der Waals surface area (Å²) in [6, 6.07) is 6.12. The normalized spacial score (nSPS) is 27.1. The van der Waals surface area contributed by atoms with Gasteiger partial charge in [-0.25, -0.2) is 9.59 Å². The van der Waals surface area contributed by atoms with Gasteiger partial charge >= 0.3 is 11.9 Å². The average molecular weight is 422 g/mol. The van der Waals surface area contributed by atoms with Crippen molar-refractivity contribution >= 4 is 11.9 Å². The topological polar surface area (TPSA) is 134 Å². The van der Waals surface area contributed by atoms with Gasteiger partial charge in [0.1, 0.15) is 12.2 Å². The zero-order chi connectivity index (χ0) is 21.7. The van der Waals surface area contributed by atoms with Gasteiger partial charge in [-0.1, -0.05) is 0 Å². The standard InChI is InChI=1S/C22H30O8/c23-19(24)13-5-9-17(10-6-13)29-21(27)15-1-2-16(4-3-15)22(28)30-18-11-7-14(8-12-18)20(25)26/h1-4,13-14,17-20,23-26H,5-12H2. The number of hydrogen-bond acceptors (Lipinski definition) is 8. The third-order valence-electron chi connectivity index (χ3n) is 6.18. The van der Waals surface area contributed by atoms with Gasteiger partial charge in [0.15, 0.2) is 12.6 Å². The fourth-order valence-electron chi connectivity index (χ4n) is 4.19. The third kappa shape index (κ3) is 6.01. The van der Waals surface area contributed by atoms with Crippen LogP contribution in [-0.4, -0.2) is 57.2 Å². The molecule has 0 atom stereocenters. The summed E-state index contributed by atoms with van der Waals surface area (Å²) in [5, 5.41) is 36.9. The molecule has 0 radical (unpaired) electrons. The SMILES string of the molecule is O=C(OC1CCC(C(O)O)CC1)c1ccc(C(=O)OC2CCC(C(O)O)CC2)cc1. The zero-order valence-electron chi connectivity index (χ0n) is 16.9. The molecule has 166 valence electrons. The van der Waals surface area contributed by atoms with E-state index in [1.807, 2.05) is 0 Å². The van der Waals surface area contributed by atoms with E-state index in [1.165, 1.54) is 24.3 Å². The van der Waals surface area contributed by atoms with Crippen LogP contribution in [0.2, 0.25) is 0 Å². The quantitative estimate of drug-likeness (QED) is 0.402. The monoisotopic (exact) mass is 422 g/mol. The third-order valence-corrected chi connectivity index (χ3v) is 6.18. The van der Waals surface area contributed by atoms with Crippen molar-refractivity contribution in [2.24, 2.45) is 11.8 Å². The van der Waals surface area contributed by atoms with E-state index in [0.29, 0.717) is 62.5 Å². The highest BCUT2D eigenvalue weighted by Crippen LogP contribution is 2.29. The van der Waals surface area contributed by atoms with E-state index in [-0.39, 0.29) is 24.0 Å². The van der Waals surface area contributed by atoms with E-state index in [1.54, 1.807) is 0 Å². The molecule has 0 spiro atoms. The van der Waals surface area contributed by atoms with Crippen molar-refractivity contribution in [1.29, 1.82) is 0 Å². The minimum Gasteiger partial charge on any atom is -0.459 e. The summed E-state index contributed by atoms with van der Waals surface area (Å²) in [6.45, 7) is 0. The lowest BCUT2D eigenvalue weighted by Gasteiger charge is -2.29. The minimum absolute atomic E-state index is 0.172. The number of esters is 2. The zero-order valence-corrected chi connectivity index (χ0v) is 16.9. The van der Waals surface area contributed by atoms with Crippen LogP contribution in [0.1, 0.15) is 72.1 Å². The Balaban J connectivity index is 1.46. The summed E-state index contributed by atoms with van der Waals surface area (Å²) in [7, 11) is 0. The Hall–Kier alpha value is -2.00. The first kappa shape index (κ1) is 22.7. The van der Waals surface area contributed by atoms with Crippen molar-refractivity contribution in [2.75, 3.05) is 0 Å². The van der Waals surface area contributed by atoms with Gasteiger partial charge in [0, 0.05) is 11.8 Å². The van der Waals surface area contributed by atoms with E-state index in [0.717, 1.165) is 0 Å². The molecule has 0 saturated heterocycles. The van der Waals surface area contributed by atoms with Crippen LogP contribution in [0.15, 0.2) is 24.3 Å². The maximum Gasteiger partial charge on any atom is 0.338 e. The molecule has 0 amide bonds. The Morgan fingerprint density at radius 2 is 0.933 bits per heavy atom. The van der Waals surface area contributed by atoms with Crippen molar-refractivity contribution in [2.45, 2.75) is 76.2 Å². The summed E-state index contributed by atoms with van der Waals surface area (Å²) in [4.78, 5) is 24.7. The second kappa shape index (κ2) is 10.3. The highest BCUT2D eigenvalue weighted by atomic mass is 16.5. The first-order chi connectivity index (χ1) is 14.3. The molecule has 0 unspecified atom stereocenters. The van der Waals surface area contributed by atoms with E-state index >= 15 is 0 Å². The van der Waals surface area contributed by atoms with Gasteiger partial charge in [-0.15, -0.1) is 0 Å². The molecule has 2 saturated carbocycles. The number of benzene rings is 1. The fourth-order valence-corrected chi connectivity index (χ4v) is 4.19. The van der Waals surface area contributed by atoms with Crippen LogP contribution in [0, 0.1) is 11.8 Å². The average Bonchev–Trinajstić information content (AvgIpc) is 2.74. The Bertz CT molecular complexity index is 637. The molecular weight excluding hydrogens is 392 g/mol. The molecule has 0 heterocycles. The Labute approximate surface area is 175 Å². The van der Waals surface area contributed by atoms with Gasteiger partial charge in [0.05, 0.1) is 11.1 Å². The predicted octanol–water partition coefficient (Wildman–Crippen LogP) is 1.74. The summed E-state index contributed by atoms with van der Waals surface area (Å²) in [6.07, 6.45) is 1.60. The van der Waals surface area contributed by atoms with Crippen molar-refractivity contribution < 1.29 is 39.5 Å². The molecule has 30 heavy (non-hydrogen) atoms. The van der Waals surface area contributed by atoms with E-state index in [9.17, 15) is 30.0 Å². The Morgan fingerprint density at radius 1 is 0.633 bits per heavy atom. The second-order valence-electron chi connectivity index (χ2n) is 8.29. The largest absolute Gasteiger partial charge is 0.459 e. The van der Waals surface area contributed by atoms with Crippen LogP contribution >= 0.6 is 0 Å². The van der Waals surface area contributed by atoms with Crippen molar-refractivity contribution in [3.63, 3.8) is 0 Å². The van der Waals surface area contributed by atoms with Crippen molar-refractivity contribution in [3.8, 4) is 0 Å². The van der Waals surface area contributed by atoms with Crippen LogP contribution in [0.4, 0.5) is 0 Å². The molecule has 1 aromatic carbocycles. The molecule has 8 heteroatoms. The van der Waals surface area contributed by atoms with Crippen molar-refractivity contribution in [3.05, 3.63) is 35.4 Å². The van der Waals surface area contributed by atoms with Gasteiger partial charge < -0.3 is 29.9 Å². The van der Waals surface area contributed by atoms with Crippen LogP contribution in [0.5, 0.6) is 0 Å². The molecule has 3 rings (SSSR count). The first-order valence-corrected chi connectivity index (χ1v) is 10.6. The number of rotatable bonds is 6. The highest BCUT2D eigenvalue weighted by molar-refractivity contribution is 5.93. The number of carbonyl (C=O) groups excluding carboxylic acids is 2. The van der Waals surface area contributed by atoms with Gasteiger partial charge in [-0.3, -0.25) is 0 Å². The van der Waals surface area contributed by atoms with Crippen LogP contribution < -0.4 is 0 Å². The molecule has 8 nitrogen and oxygen atoms in total. The number of aliphatic hydroxyl groups is 4. The lowest BCUT2D eigenvalue weighted by molar-refractivity contribution is -0.102. The maximum absolute atomic E-state index is 12.3. The summed E-state index contributed by atoms with van der Waals surface area (Å²) in [5.41, 5.74) is 0.682. The Kier molecular flexibility index (Phi) is 7.82. The molecule has 1 aromatic rings. The lowest BCUT2D eigenvalue weighted by atomic mass is 9.87. The summed E-state index contributed by atoms with van der Waals surface area (Å²) >= 11 is 0. The van der Waals surface area contributed by atoms with E-state index in [2.05, 4.69) is 0 Å². The summed E-state index contributed by atoms with van der Waals surface area (Å²) < 4.78 is 11.0. The first-order valence-electron chi connectivity index (χ1n) is 10.6.